The van der Waals surface area contributed by atoms with Gasteiger partial charge in [0.05, 0.1) is 11.0 Å². The number of para-hydroxylation sites is 1. The Balaban J connectivity index is 1.54. The first-order chi connectivity index (χ1) is 15.3. The summed E-state index contributed by atoms with van der Waals surface area (Å²) in [5.74, 6) is 0.804. The SMILES string of the molecule is CCc1cccc2c(C3=Nn4c(nnc4[C@H]4CCCO4)S[C@@H]3c3ccccc3)c[nH]c12. The lowest BCUT2D eigenvalue weighted by Crippen LogP contribution is -2.19. The van der Waals surface area contributed by atoms with Gasteiger partial charge in [-0.15, -0.1) is 10.2 Å². The number of fused-ring (bicyclic) bond motifs is 2. The molecule has 2 aromatic heterocycles. The van der Waals surface area contributed by atoms with E-state index in [0.717, 1.165) is 48.1 Å². The number of ether oxygens (including phenoxy) is 1. The van der Waals surface area contributed by atoms with Gasteiger partial charge in [0.25, 0.3) is 0 Å². The molecule has 4 aromatic rings. The average Bonchev–Trinajstić information content (AvgIpc) is 3.57. The van der Waals surface area contributed by atoms with Crippen LogP contribution in [0.3, 0.4) is 0 Å². The Morgan fingerprint density at radius 3 is 2.84 bits per heavy atom. The molecule has 4 heterocycles. The summed E-state index contributed by atoms with van der Waals surface area (Å²) >= 11 is 1.70. The minimum Gasteiger partial charge on any atom is -0.370 e. The Labute approximate surface area is 184 Å². The van der Waals surface area contributed by atoms with Crippen molar-refractivity contribution in [2.45, 2.75) is 42.7 Å². The number of aryl methyl sites for hydroxylation is 1. The summed E-state index contributed by atoms with van der Waals surface area (Å²) in [7, 11) is 0. The molecule has 2 atom stereocenters. The maximum absolute atomic E-state index is 5.89. The molecular weight excluding hydrogens is 406 g/mol. The third-order valence-corrected chi connectivity index (χ3v) is 7.29. The molecule has 2 aliphatic rings. The number of aromatic nitrogens is 4. The molecule has 0 unspecified atom stereocenters. The highest BCUT2D eigenvalue weighted by Gasteiger charge is 2.34. The van der Waals surface area contributed by atoms with E-state index in [4.69, 9.17) is 9.84 Å². The topological polar surface area (TPSA) is 68.1 Å². The van der Waals surface area contributed by atoms with Crippen LogP contribution in [-0.2, 0) is 11.2 Å². The average molecular weight is 430 g/mol. The van der Waals surface area contributed by atoms with E-state index >= 15 is 0 Å². The molecular formula is C24H23N5OS. The number of nitrogens with one attached hydrogen (secondary N) is 1. The van der Waals surface area contributed by atoms with Gasteiger partial charge < -0.3 is 9.72 Å². The highest BCUT2D eigenvalue weighted by molar-refractivity contribution is 8.00. The number of benzene rings is 2. The van der Waals surface area contributed by atoms with Crippen molar-refractivity contribution in [1.82, 2.24) is 19.9 Å². The zero-order valence-electron chi connectivity index (χ0n) is 17.3. The van der Waals surface area contributed by atoms with Gasteiger partial charge in [-0.25, -0.2) is 0 Å². The van der Waals surface area contributed by atoms with E-state index in [-0.39, 0.29) is 11.4 Å². The highest BCUT2D eigenvalue weighted by atomic mass is 32.2. The van der Waals surface area contributed by atoms with E-state index in [2.05, 4.69) is 70.8 Å². The molecule has 0 radical (unpaired) electrons. The summed E-state index contributed by atoms with van der Waals surface area (Å²) < 4.78 is 7.79. The molecule has 0 aliphatic carbocycles. The Morgan fingerprint density at radius 2 is 2.03 bits per heavy atom. The molecule has 156 valence electrons. The molecule has 1 saturated heterocycles. The van der Waals surface area contributed by atoms with E-state index in [1.165, 1.54) is 22.0 Å². The molecule has 1 N–H and O–H groups in total. The molecule has 0 saturated carbocycles. The van der Waals surface area contributed by atoms with Crippen LogP contribution in [0.1, 0.15) is 53.6 Å². The first-order valence-electron chi connectivity index (χ1n) is 10.8. The minimum absolute atomic E-state index is 0.0326. The number of thioether (sulfide) groups is 1. The van der Waals surface area contributed by atoms with Crippen LogP contribution >= 0.6 is 11.8 Å². The number of rotatable bonds is 4. The van der Waals surface area contributed by atoms with Gasteiger partial charge in [0.2, 0.25) is 5.16 Å². The zero-order chi connectivity index (χ0) is 20.8. The minimum atomic E-state index is -0.0326. The maximum Gasteiger partial charge on any atom is 0.213 e. The second-order valence-electron chi connectivity index (χ2n) is 7.94. The smallest absolute Gasteiger partial charge is 0.213 e. The largest absolute Gasteiger partial charge is 0.370 e. The third kappa shape index (κ3) is 3.11. The van der Waals surface area contributed by atoms with Crippen LogP contribution < -0.4 is 0 Å². The predicted molar refractivity (Wildman–Crippen MR) is 123 cm³/mol. The molecule has 2 aromatic carbocycles. The van der Waals surface area contributed by atoms with E-state index in [1.54, 1.807) is 11.8 Å². The lowest BCUT2D eigenvalue weighted by Gasteiger charge is -2.24. The molecule has 7 heteroatoms. The number of hydrogen-bond donors (Lipinski definition) is 1. The Kier molecular flexibility index (Phi) is 4.65. The van der Waals surface area contributed by atoms with Crippen molar-refractivity contribution in [1.29, 1.82) is 0 Å². The Hall–Kier alpha value is -2.90. The van der Waals surface area contributed by atoms with Crippen molar-refractivity contribution >= 4 is 28.4 Å². The van der Waals surface area contributed by atoms with Crippen molar-refractivity contribution in [3.05, 3.63) is 77.2 Å². The molecule has 0 spiro atoms. The molecule has 31 heavy (non-hydrogen) atoms. The summed E-state index contributed by atoms with van der Waals surface area (Å²) in [5, 5.41) is 16.1. The molecule has 0 bridgehead atoms. The normalized spacial score (nSPS) is 20.7. The Bertz CT molecular complexity index is 1270. The molecule has 6 rings (SSSR count). The first kappa shape index (κ1) is 18.8. The molecule has 6 nitrogen and oxygen atoms in total. The Morgan fingerprint density at radius 1 is 1.13 bits per heavy atom. The van der Waals surface area contributed by atoms with Crippen LogP contribution in [0, 0.1) is 0 Å². The van der Waals surface area contributed by atoms with Gasteiger partial charge in [0.1, 0.15) is 6.10 Å². The lowest BCUT2D eigenvalue weighted by atomic mass is 9.99. The van der Waals surface area contributed by atoms with E-state index in [0.29, 0.717) is 0 Å². The van der Waals surface area contributed by atoms with Crippen molar-refractivity contribution in [3.63, 3.8) is 0 Å². The number of aromatic amines is 1. The van der Waals surface area contributed by atoms with Gasteiger partial charge >= 0.3 is 0 Å². The van der Waals surface area contributed by atoms with Crippen LogP contribution in [0.2, 0.25) is 0 Å². The van der Waals surface area contributed by atoms with E-state index < -0.39 is 0 Å². The van der Waals surface area contributed by atoms with Crippen molar-refractivity contribution in [3.8, 4) is 0 Å². The maximum atomic E-state index is 5.89. The van der Waals surface area contributed by atoms with E-state index in [9.17, 15) is 0 Å². The van der Waals surface area contributed by atoms with Crippen LogP contribution in [0.25, 0.3) is 10.9 Å². The van der Waals surface area contributed by atoms with Gasteiger partial charge in [0.15, 0.2) is 5.82 Å². The fraction of sp³-hybridized carbons (Fsp3) is 0.292. The summed E-state index contributed by atoms with van der Waals surface area (Å²) in [6.07, 6.45) is 5.06. The predicted octanol–water partition coefficient (Wildman–Crippen LogP) is 5.27. The quantitative estimate of drug-likeness (QED) is 0.480. The standard InChI is InChI=1S/C24H23N5OS/c1-2-15-10-6-11-17-18(14-25-20(15)17)21-22(16-8-4-3-5-9-16)31-24-27-26-23(29(24)28-21)19-12-7-13-30-19/h3-6,8-11,14,19,22,25H,2,7,12-13H2,1H3/t19-,22-/m1/s1. The van der Waals surface area contributed by atoms with Crippen molar-refractivity contribution < 1.29 is 4.74 Å². The molecule has 0 amide bonds. The number of nitrogens with zero attached hydrogens (tertiary/aromatic N) is 4. The third-order valence-electron chi connectivity index (χ3n) is 6.09. The monoisotopic (exact) mass is 429 g/mol. The highest BCUT2D eigenvalue weighted by Crippen LogP contribution is 2.43. The zero-order valence-corrected chi connectivity index (χ0v) is 18.1. The first-order valence-corrected chi connectivity index (χ1v) is 11.7. The van der Waals surface area contributed by atoms with Crippen LogP contribution in [0.4, 0.5) is 0 Å². The van der Waals surface area contributed by atoms with E-state index in [1.807, 2.05) is 10.7 Å². The fourth-order valence-corrected chi connectivity index (χ4v) is 5.63. The molecule has 1 fully saturated rings. The van der Waals surface area contributed by atoms with Gasteiger partial charge in [-0.2, -0.15) is 9.78 Å². The van der Waals surface area contributed by atoms with Crippen molar-refractivity contribution in [2.75, 3.05) is 6.61 Å². The second-order valence-corrected chi connectivity index (χ2v) is 9.02. The summed E-state index contributed by atoms with van der Waals surface area (Å²) in [6.45, 7) is 2.96. The van der Waals surface area contributed by atoms with Crippen LogP contribution in [-0.4, -0.2) is 32.2 Å². The lowest BCUT2D eigenvalue weighted by molar-refractivity contribution is 0.102. The molecule has 2 aliphatic heterocycles. The van der Waals surface area contributed by atoms with Crippen LogP contribution in [0.15, 0.2) is 65.0 Å². The van der Waals surface area contributed by atoms with Crippen molar-refractivity contribution in [2.24, 2.45) is 5.10 Å². The number of H-pyrrole nitrogens is 1. The summed E-state index contributed by atoms with van der Waals surface area (Å²) in [6, 6.07) is 17.0. The van der Waals surface area contributed by atoms with Crippen LogP contribution in [0.5, 0.6) is 0 Å². The van der Waals surface area contributed by atoms with Gasteiger partial charge in [-0.3, -0.25) is 0 Å². The van der Waals surface area contributed by atoms with Gasteiger partial charge in [0, 0.05) is 29.3 Å². The summed E-state index contributed by atoms with van der Waals surface area (Å²) in [5.41, 5.74) is 5.86. The fourth-order valence-electron chi connectivity index (χ4n) is 4.52. The summed E-state index contributed by atoms with van der Waals surface area (Å²) in [4.78, 5) is 3.51. The second kappa shape index (κ2) is 7.66. The number of hydrogen-bond acceptors (Lipinski definition) is 5. The van der Waals surface area contributed by atoms with Gasteiger partial charge in [-0.05, 0) is 30.4 Å². The van der Waals surface area contributed by atoms with Gasteiger partial charge in [-0.1, -0.05) is 67.2 Å².